The minimum absolute atomic E-state index is 0.0383. The summed E-state index contributed by atoms with van der Waals surface area (Å²) in [5, 5.41) is 3.13. The number of hydrogen-bond acceptors (Lipinski definition) is 8. The molecule has 134 valence electrons. The van der Waals surface area contributed by atoms with E-state index in [1.165, 1.54) is 0 Å². The maximum atomic E-state index is 11.9. The Labute approximate surface area is 150 Å². The summed E-state index contributed by atoms with van der Waals surface area (Å²) in [5.74, 6) is 0.727. The van der Waals surface area contributed by atoms with E-state index in [-0.39, 0.29) is 24.1 Å². The number of benzene rings is 1. The normalized spacial score (nSPS) is 10.5. The Balaban J connectivity index is 1.72. The molecule has 8 nitrogen and oxygen atoms in total. The van der Waals surface area contributed by atoms with Crippen LogP contribution in [0.25, 0.3) is 0 Å². The zero-order chi connectivity index (χ0) is 18.5. The van der Waals surface area contributed by atoms with E-state index in [1.54, 1.807) is 19.1 Å². The van der Waals surface area contributed by atoms with Gasteiger partial charge in [0.1, 0.15) is 5.76 Å². The smallest absolute Gasteiger partial charge is 0.374 e. The number of nitrogens with two attached hydrogens (primary N) is 1. The van der Waals surface area contributed by atoms with Crippen LogP contribution in [0.3, 0.4) is 0 Å². The van der Waals surface area contributed by atoms with Gasteiger partial charge in [-0.1, -0.05) is 25.1 Å². The average Bonchev–Trinajstić information content (AvgIpc) is 3.06. The van der Waals surface area contributed by atoms with E-state index in [9.17, 15) is 4.79 Å². The molecular formula is C18H19N5O3. The van der Waals surface area contributed by atoms with Crippen molar-refractivity contribution >= 4 is 23.6 Å². The van der Waals surface area contributed by atoms with Crippen LogP contribution >= 0.6 is 0 Å². The number of carbonyl (C=O) groups excluding carboxylic acids is 1. The highest BCUT2D eigenvalue weighted by Crippen LogP contribution is 2.19. The van der Waals surface area contributed by atoms with Crippen LogP contribution in [0.1, 0.15) is 34.6 Å². The fourth-order valence-corrected chi connectivity index (χ4v) is 2.37. The molecule has 3 rings (SSSR count). The zero-order valence-electron chi connectivity index (χ0n) is 14.5. The topological polar surface area (TPSA) is 116 Å². The zero-order valence-corrected chi connectivity index (χ0v) is 14.5. The van der Waals surface area contributed by atoms with Crippen LogP contribution in [0.15, 0.2) is 40.8 Å². The standard InChI is InChI=1S/C18H19N5O3/c1-3-12-6-4-5-7-13(12)20-18-22-15(21-17(19)23-18)10-25-16(24)14-9-8-11(2)26-14/h4-9H,3,10H2,1-2H3,(H3,19,20,21,22,23). The largest absolute Gasteiger partial charge is 0.454 e. The second-order valence-electron chi connectivity index (χ2n) is 5.56. The van der Waals surface area contributed by atoms with Crippen LogP contribution in [-0.4, -0.2) is 20.9 Å². The molecule has 0 saturated carbocycles. The highest BCUT2D eigenvalue weighted by Gasteiger charge is 2.14. The first-order valence-electron chi connectivity index (χ1n) is 8.14. The fraction of sp³-hybridized carbons (Fsp3) is 0.222. The maximum Gasteiger partial charge on any atom is 0.374 e. The molecule has 2 heterocycles. The Bertz CT molecular complexity index is 923. The SMILES string of the molecule is CCc1ccccc1Nc1nc(N)nc(COC(=O)c2ccc(C)o2)n1. The van der Waals surface area contributed by atoms with Crippen molar-refractivity contribution in [3.63, 3.8) is 0 Å². The van der Waals surface area contributed by atoms with Crippen molar-refractivity contribution in [3.8, 4) is 0 Å². The number of para-hydroxylation sites is 1. The summed E-state index contributed by atoms with van der Waals surface area (Å²) in [7, 11) is 0. The number of rotatable bonds is 6. The molecule has 0 bridgehead atoms. The number of anilines is 3. The lowest BCUT2D eigenvalue weighted by Gasteiger charge is -2.10. The lowest BCUT2D eigenvalue weighted by Crippen LogP contribution is -2.11. The second-order valence-corrected chi connectivity index (χ2v) is 5.56. The van der Waals surface area contributed by atoms with Crippen molar-refractivity contribution in [3.05, 3.63) is 59.3 Å². The van der Waals surface area contributed by atoms with Gasteiger partial charge in [-0.05, 0) is 37.1 Å². The minimum Gasteiger partial charge on any atom is -0.454 e. The lowest BCUT2D eigenvalue weighted by molar-refractivity contribution is 0.0424. The average molecular weight is 353 g/mol. The molecule has 0 saturated heterocycles. The number of aryl methyl sites for hydroxylation is 2. The highest BCUT2D eigenvalue weighted by molar-refractivity contribution is 5.86. The molecular weight excluding hydrogens is 334 g/mol. The van der Waals surface area contributed by atoms with Crippen molar-refractivity contribution in [1.29, 1.82) is 0 Å². The number of aromatic nitrogens is 3. The van der Waals surface area contributed by atoms with E-state index in [2.05, 4.69) is 27.2 Å². The first-order valence-corrected chi connectivity index (χ1v) is 8.14. The highest BCUT2D eigenvalue weighted by atomic mass is 16.5. The van der Waals surface area contributed by atoms with E-state index in [0.29, 0.717) is 11.7 Å². The molecule has 2 aromatic heterocycles. The third kappa shape index (κ3) is 4.15. The van der Waals surface area contributed by atoms with Crippen molar-refractivity contribution in [1.82, 2.24) is 15.0 Å². The van der Waals surface area contributed by atoms with Gasteiger partial charge in [-0.25, -0.2) is 4.79 Å². The monoisotopic (exact) mass is 353 g/mol. The molecule has 0 radical (unpaired) electrons. The quantitative estimate of drug-likeness (QED) is 0.650. The first kappa shape index (κ1) is 17.4. The Hall–Kier alpha value is -3.42. The second kappa shape index (κ2) is 7.64. The summed E-state index contributed by atoms with van der Waals surface area (Å²) < 4.78 is 10.4. The van der Waals surface area contributed by atoms with Gasteiger partial charge in [0.05, 0.1) is 0 Å². The van der Waals surface area contributed by atoms with Gasteiger partial charge in [-0.15, -0.1) is 0 Å². The van der Waals surface area contributed by atoms with Gasteiger partial charge in [0.25, 0.3) is 0 Å². The number of carbonyl (C=O) groups is 1. The van der Waals surface area contributed by atoms with Crippen LogP contribution in [0.5, 0.6) is 0 Å². The molecule has 8 heteroatoms. The number of nitrogens with zero attached hydrogens (tertiary/aromatic N) is 3. The van der Waals surface area contributed by atoms with Gasteiger partial charge in [0.15, 0.2) is 12.4 Å². The molecule has 0 amide bonds. The molecule has 0 unspecified atom stereocenters. The number of nitrogens with one attached hydrogen (secondary N) is 1. The van der Waals surface area contributed by atoms with Gasteiger partial charge in [-0.3, -0.25) is 0 Å². The van der Waals surface area contributed by atoms with E-state index in [0.717, 1.165) is 17.7 Å². The summed E-state index contributed by atoms with van der Waals surface area (Å²) in [6.45, 7) is 3.66. The van der Waals surface area contributed by atoms with E-state index < -0.39 is 5.97 Å². The first-order chi connectivity index (χ1) is 12.5. The van der Waals surface area contributed by atoms with Gasteiger partial charge >= 0.3 is 5.97 Å². The summed E-state index contributed by atoms with van der Waals surface area (Å²) in [6.07, 6.45) is 0.858. The predicted molar refractivity (Wildman–Crippen MR) is 95.9 cm³/mol. The Morgan fingerprint density at radius 1 is 1.19 bits per heavy atom. The molecule has 0 aliphatic carbocycles. The molecule has 0 aliphatic rings. The maximum absolute atomic E-state index is 11.9. The van der Waals surface area contributed by atoms with Crippen LogP contribution in [-0.2, 0) is 17.8 Å². The van der Waals surface area contributed by atoms with Crippen molar-refractivity contribution in [2.75, 3.05) is 11.1 Å². The summed E-state index contributed by atoms with van der Waals surface area (Å²) in [5.41, 5.74) is 7.75. The number of ether oxygens (including phenoxy) is 1. The van der Waals surface area contributed by atoms with Crippen LogP contribution in [0.4, 0.5) is 17.6 Å². The lowest BCUT2D eigenvalue weighted by atomic mass is 10.1. The Kier molecular flexibility index (Phi) is 5.12. The van der Waals surface area contributed by atoms with Gasteiger partial charge < -0.3 is 20.2 Å². The Morgan fingerprint density at radius 3 is 2.73 bits per heavy atom. The van der Waals surface area contributed by atoms with Gasteiger partial charge in [0, 0.05) is 5.69 Å². The van der Waals surface area contributed by atoms with Crippen LogP contribution in [0, 0.1) is 6.92 Å². The molecule has 0 fully saturated rings. The minimum atomic E-state index is -0.595. The summed E-state index contributed by atoms with van der Waals surface area (Å²) in [4.78, 5) is 24.3. The third-order valence-corrected chi connectivity index (χ3v) is 3.62. The molecule has 0 aliphatic heterocycles. The molecule has 3 N–H and O–H groups in total. The molecule has 0 atom stereocenters. The molecule has 26 heavy (non-hydrogen) atoms. The van der Waals surface area contributed by atoms with Crippen LogP contribution in [0.2, 0.25) is 0 Å². The number of hydrogen-bond donors (Lipinski definition) is 2. The number of nitrogen functional groups attached to an aromatic ring is 1. The van der Waals surface area contributed by atoms with Crippen molar-refractivity contribution < 1.29 is 13.9 Å². The Morgan fingerprint density at radius 2 is 2.00 bits per heavy atom. The summed E-state index contributed by atoms with van der Waals surface area (Å²) >= 11 is 0. The van der Waals surface area contributed by atoms with Gasteiger partial charge in [0.2, 0.25) is 17.7 Å². The molecule has 0 spiro atoms. The third-order valence-electron chi connectivity index (χ3n) is 3.62. The van der Waals surface area contributed by atoms with Crippen molar-refractivity contribution in [2.45, 2.75) is 26.9 Å². The summed E-state index contributed by atoms with van der Waals surface area (Å²) in [6, 6.07) is 11.1. The van der Waals surface area contributed by atoms with Crippen molar-refractivity contribution in [2.24, 2.45) is 0 Å². The van der Waals surface area contributed by atoms with E-state index in [1.807, 2.05) is 24.3 Å². The molecule has 3 aromatic rings. The van der Waals surface area contributed by atoms with Gasteiger partial charge in [-0.2, -0.15) is 15.0 Å². The van der Waals surface area contributed by atoms with E-state index >= 15 is 0 Å². The van der Waals surface area contributed by atoms with Crippen LogP contribution < -0.4 is 11.1 Å². The predicted octanol–water partition coefficient (Wildman–Crippen LogP) is 3.02. The molecule has 1 aromatic carbocycles. The number of furan rings is 1. The van der Waals surface area contributed by atoms with E-state index in [4.69, 9.17) is 14.9 Å². The number of esters is 1. The fourth-order valence-electron chi connectivity index (χ4n) is 2.37.